The molecule has 122 valence electrons. The molecule has 1 aromatic carbocycles. The van der Waals surface area contributed by atoms with Crippen LogP contribution in [0.2, 0.25) is 0 Å². The van der Waals surface area contributed by atoms with Crippen molar-refractivity contribution >= 4 is 23.3 Å². The third-order valence-electron chi connectivity index (χ3n) is 2.60. The van der Waals surface area contributed by atoms with E-state index in [9.17, 15) is 22.8 Å². The largest absolute Gasteiger partial charge is 0.416 e. The number of rotatable bonds is 4. The maximum absolute atomic E-state index is 12.6. The van der Waals surface area contributed by atoms with Gasteiger partial charge in [0.05, 0.1) is 11.8 Å². The molecule has 0 aliphatic rings. The van der Waals surface area contributed by atoms with Crippen LogP contribution in [0.25, 0.3) is 0 Å². The molecular formula is C13H12F3N5O2. The Bertz CT molecular complexity index is 726. The number of hydrogen-bond acceptors (Lipinski definition) is 4. The Kier molecular flexibility index (Phi) is 4.63. The number of carbonyl (C=O) groups is 2. The highest BCUT2D eigenvalue weighted by atomic mass is 19.4. The van der Waals surface area contributed by atoms with Crippen LogP contribution in [0.4, 0.5) is 24.7 Å². The zero-order valence-corrected chi connectivity index (χ0v) is 11.9. The van der Waals surface area contributed by atoms with Crippen molar-refractivity contribution in [3.05, 3.63) is 36.0 Å². The van der Waals surface area contributed by atoms with Gasteiger partial charge in [-0.1, -0.05) is 6.07 Å². The number of benzene rings is 1. The fourth-order valence-electron chi connectivity index (χ4n) is 1.71. The minimum atomic E-state index is -4.49. The fourth-order valence-corrected chi connectivity index (χ4v) is 1.71. The van der Waals surface area contributed by atoms with E-state index in [1.54, 1.807) is 0 Å². The van der Waals surface area contributed by atoms with E-state index < -0.39 is 17.6 Å². The van der Waals surface area contributed by atoms with Crippen LogP contribution in [-0.2, 0) is 22.3 Å². The fraction of sp³-hybridized carbons (Fsp3) is 0.231. The predicted molar refractivity (Wildman–Crippen MR) is 74.4 cm³/mol. The first kappa shape index (κ1) is 16.5. The smallest absolute Gasteiger partial charge is 0.324 e. The molecular weight excluding hydrogens is 315 g/mol. The molecule has 0 radical (unpaired) electrons. The van der Waals surface area contributed by atoms with E-state index in [1.165, 1.54) is 25.3 Å². The number of halogens is 3. The third-order valence-corrected chi connectivity index (χ3v) is 2.60. The maximum Gasteiger partial charge on any atom is 0.416 e. The molecule has 23 heavy (non-hydrogen) atoms. The Morgan fingerprint density at radius 3 is 2.65 bits per heavy atom. The summed E-state index contributed by atoms with van der Waals surface area (Å²) in [5.41, 5.74) is -0.848. The van der Waals surface area contributed by atoms with Gasteiger partial charge >= 0.3 is 6.18 Å². The second kappa shape index (κ2) is 6.46. The van der Waals surface area contributed by atoms with Crippen LogP contribution in [0.5, 0.6) is 0 Å². The summed E-state index contributed by atoms with van der Waals surface area (Å²) >= 11 is 0. The Morgan fingerprint density at radius 2 is 2.00 bits per heavy atom. The molecule has 0 bridgehead atoms. The highest BCUT2D eigenvalue weighted by molar-refractivity contribution is 5.90. The van der Waals surface area contributed by atoms with Gasteiger partial charge < -0.3 is 10.6 Å². The van der Waals surface area contributed by atoms with Gasteiger partial charge in [0, 0.05) is 12.6 Å². The van der Waals surface area contributed by atoms with Gasteiger partial charge in [0.1, 0.15) is 6.54 Å². The number of aromatic nitrogens is 3. The average Bonchev–Trinajstić information content (AvgIpc) is 2.84. The number of alkyl halides is 3. The van der Waals surface area contributed by atoms with Crippen LogP contribution >= 0.6 is 0 Å². The summed E-state index contributed by atoms with van der Waals surface area (Å²) in [4.78, 5) is 23.6. The molecule has 0 aliphatic heterocycles. The molecule has 2 amide bonds. The van der Waals surface area contributed by atoms with Crippen molar-refractivity contribution in [2.24, 2.45) is 0 Å². The summed E-state index contributed by atoms with van der Waals surface area (Å²) in [6.45, 7) is 0.981. The number of nitrogens with zero attached hydrogens (tertiary/aromatic N) is 3. The summed E-state index contributed by atoms with van der Waals surface area (Å²) in [7, 11) is 0. The molecule has 0 spiro atoms. The first-order valence-electron chi connectivity index (χ1n) is 6.39. The van der Waals surface area contributed by atoms with Gasteiger partial charge in [-0.3, -0.25) is 9.59 Å². The number of hydrogen-bond donors (Lipinski definition) is 2. The summed E-state index contributed by atoms with van der Waals surface area (Å²) in [5.74, 6) is -0.774. The Balaban J connectivity index is 2.00. The van der Waals surface area contributed by atoms with E-state index in [0.29, 0.717) is 0 Å². The summed E-state index contributed by atoms with van der Waals surface area (Å²) in [5, 5.41) is 12.3. The second-order valence-corrected chi connectivity index (χ2v) is 4.57. The van der Waals surface area contributed by atoms with Gasteiger partial charge in [0.25, 0.3) is 0 Å². The molecule has 0 fully saturated rings. The number of carbonyl (C=O) groups excluding carboxylic acids is 2. The normalized spacial score (nSPS) is 11.1. The monoisotopic (exact) mass is 327 g/mol. The summed E-state index contributed by atoms with van der Waals surface area (Å²) in [6.07, 6.45) is -3.24. The van der Waals surface area contributed by atoms with Gasteiger partial charge in [0.15, 0.2) is 5.82 Å². The molecule has 2 aromatic rings. The van der Waals surface area contributed by atoms with E-state index in [2.05, 4.69) is 20.8 Å². The van der Waals surface area contributed by atoms with Crippen molar-refractivity contribution in [3.63, 3.8) is 0 Å². The molecule has 0 unspecified atom stereocenters. The van der Waals surface area contributed by atoms with Crippen molar-refractivity contribution in [1.29, 1.82) is 0 Å². The van der Waals surface area contributed by atoms with Crippen LogP contribution in [0, 0.1) is 0 Å². The van der Waals surface area contributed by atoms with Gasteiger partial charge in [0.2, 0.25) is 11.8 Å². The molecule has 0 atom stereocenters. The third kappa shape index (κ3) is 4.80. The number of nitrogens with one attached hydrogen (secondary N) is 2. The Morgan fingerprint density at radius 1 is 1.26 bits per heavy atom. The van der Waals surface area contributed by atoms with Crippen LogP contribution < -0.4 is 10.6 Å². The summed E-state index contributed by atoms with van der Waals surface area (Å²) < 4.78 is 37.8. The van der Waals surface area contributed by atoms with Gasteiger partial charge in [-0.2, -0.15) is 23.1 Å². The van der Waals surface area contributed by atoms with Crippen LogP contribution in [-0.4, -0.2) is 26.8 Å². The quantitative estimate of drug-likeness (QED) is 0.897. The molecule has 10 heteroatoms. The van der Waals surface area contributed by atoms with E-state index in [-0.39, 0.29) is 24.0 Å². The van der Waals surface area contributed by atoms with E-state index in [1.807, 2.05) is 0 Å². The first-order chi connectivity index (χ1) is 10.7. The minimum Gasteiger partial charge on any atom is -0.324 e. The number of amides is 2. The van der Waals surface area contributed by atoms with E-state index in [4.69, 9.17) is 0 Å². The van der Waals surface area contributed by atoms with Gasteiger partial charge in [-0.15, -0.1) is 5.10 Å². The Labute approximate surface area is 128 Å². The van der Waals surface area contributed by atoms with Crippen molar-refractivity contribution in [2.45, 2.75) is 19.6 Å². The summed E-state index contributed by atoms with van der Waals surface area (Å²) in [6, 6.07) is 4.27. The molecule has 0 saturated heterocycles. The topological polar surface area (TPSA) is 88.9 Å². The van der Waals surface area contributed by atoms with E-state index >= 15 is 0 Å². The number of anilines is 2. The molecule has 2 rings (SSSR count). The van der Waals surface area contributed by atoms with E-state index in [0.717, 1.165) is 16.9 Å². The zero-order chi connectivity index (χ0) is 17.0. The average molecular weight is 327 g/mol. The lowest BCUT2D eigenvalue weighted by Crippen LogP contribution is -2.21. The lowest BCUT2D eigenvalue weighted by molar-refractivity contribution is -0.137. The van der Waals surface area contributed by atoms with Crippen LogP contribution in [0.1, 0.15) is 12.5 Å². The first-order valence-corrected chi connectivity index (χ1v) is 6.39. The highest BCUT2D eigenvalue weighted by Crippen LogP contribution is 2.30. The molecule has 7 nitrogen and oxygen atoms in total. The highest BCUT2D eigenvalue weighted by Gasteiger charge is 2.30. The molecule has 2 N–H and O–H groups in total. The SMILES string of the molecule is CC(=O)Nc1cnn(CC(=O)Nc2cccc(C(F)(F)F)c2)n1. The molecule has 1 heterocycles. The van der Waals surface area contributed by atoms with Crippen LogP contribution in [0.3, 0.4) is 0 Å². The maximum atomic E-state index is 12.6. The van der Waals surface area contributed by atoms with Gasteiger partial charge in [-0.05, 0) is 18.2 Å². The molecule has 0 saturated carbocycles. The van der Waals surface area contributed by atoms with Gasteiger partial charge in [-0.25, -0.2) is 0 Å². The van der Waals surface area contributed by atoms with Crippen molar-refractivity contribution in [3.8, 4) is 0 Å². The zero-order valence-electron chi connectivity index (χ0n) is 11.9. The molecule has 1 aromatic heterocycles. The second-order valence-electron chi connectivity index (χ2n) is 4.57. The standard InChI is InChI=1S/C13H12F3N5O2/c1-8(22)18-11-6-17-21(20-11)7-12(23)19-10-4-2-3-9(5-10)13(14,15)16/h2-6H,7H2,1H3,(H,19,23)(H,18,20,22). The van der Waals surface area contributed by atoms with Crippen molar-refractivity contribution in [2.75, 3.05) is 10.6 Å². The lowest BCUT2D eigenvalue weighted by atomic mass is 10.2. The minimum absolute atomic E-state index is 0.0130. The lowest BCUT2D eigenvalue weighted by Gasteiger charge is -2.09. The molecule has 0 aliphatic carbocycles. The van der Waals surface area contributed by atoms with Crippen molar-refractivity contribution < 1.29 is 22.8 Å². The van der Waals surface area contributed by atoms with Crippen molar-refractivity contribution in [1.82, 2.24) is 15.0 Å². The Hall–Kier alpha value is -2.91. The predicted octanol–water partition coefficient (Wildman–Crippen LogP) is 1.89. The van der Waals surface area contributed by atoms with Crippen LogP contribution in [0.15, 0.2) is 30.5 Å².